The maximum Gasteiger partial charge on any atom is 0.118 e. The largest absolute Gasteiger partial charge is 0.497 e. The van der Waals surface area contributed by atoms with Gasteiger partial charge in [-0.1, -0.05) is 24.3 Å². The van der Waals surface area contributed by atoms with Gasteiger partial charge in [0.2, 0.25) is 0 Å². The first kappa shape index (κ1) is 14.7. The third-order valence-corrected chi connectivity index (χ3v) is 2.92. The lowest BCUT2D eigenvalue weighted by Gasteiger charge is -2.15. The summed E-state index contributed by atoms with van der Waals surface area (Å²) in [4.78, 5) is 0. The molecule has 0 bridgehead atoms. The van der Waals surface area contributed by atoms with Gasteiger partial charge in [-0.2, -0.15) is 0 Å². The third-order valence-electron chi connectivity index (χ3n) is 2.92. The summed E-state index contributed by atoms with van der Waals surface area (Å²) >= 11 is 0. The zero-order valence-corrected chi connectivity index (χ0v) is 11.5. The van der Waals surface area contributed by atoms with Crippen molar-refractivity contribution in [2.24, 2.45) is 0 Å². The number of methoxy groups -OCH3 is 1. The average molecular weight is 249 g/mol. The molecule has 0 amide bonds. The molecule has 1 rings (SSSR count). The van der Waals surface area contributed by atoms with Gasteiger partial charge in [0.05, 0.1) is 13.7 Å². The minimum Gasteiger partial charge on any atom is -0.497 e. The van der Waals surface area contributed by atoms with Crippen LogP contribution in [0.15, 0.2) is 36.4 Å². The van der Waals surface area contributed by atoms with E-state index in [4.69, 9.17) is 9.47 Å². The lowest BCUT2D eigenvalue weighted by molar-refractivity contribution is 0.114. The quantitative estimate of drug-likeness (QED) is 0.567. The van der Waals surface area contributed by atoms with E-state index in [0.717, 1.165) is 29.9 Å². The van der Waals surface area contributed by atoms with Crippen molar-refractivity contribution < 1.29 is 9.47 Å². The van der Waals surface area contributed by atoms with Crippen LogP contribution in [0.5, 0.6) is 5.75 Å². The van der Waals surface area contributed by atoms with Crippen LogP contribution in [0.2, 0.25) is 0 Å². The van der Waals surface area contributed by atoms with Gasteiger partial charge in [0.25, 0.3) is 0 Å². The molecule has 1 atom stereocenters. The van der Waals surface area contributed by atoms with Crippen LogP contribution in [-0.2, 0) is 11.3 Å². The Morgan fingerprint density at radius 1 is 1.33 bits per heavy atom. The Morgan fingerprint density at radius 3 is 2.50 bits per heavy atom. The summed E-state index contributed by atoms with van der Waals surface area (Å²) < 4.78 is 10.8. The van der Waals surface area contributed by atoms with Crippen LogP contribution >= 0.6 is 0 Å². The van der Waals surface area contributed by atoms with E-state index in [1.807, 2.05) is 38.2 Å². The maximum atomic E-state index is 5.65. The molecule has 100 valence electrons. The fourth-order valence-electron chi connectivity index (χ4n) is 1.75. The van der Waals surface area contributed by atoms with Gasteiger partial charge in [0.15, 0.2) is 0 Å². The molecule has 0 aliphatic rings. The molecule has 0 fully saturated rings. The first-order chi connectivity index (χ1) is 8.67. The van der Waals surface area contributed by atoms with E-state index in [2.05, 4.69) is 11.9 Å². The normalized spacial score (nSPS) is 12.2. The molecule has 3 heteroatoms. The van der Waals surface area contributed by atoms with E-state index in [1.54, 1.807) is 7.11 Å². The smallest absolute Gasteiger partial charge is 0.118 e. The zero-order chi connectivity index (χ0) is 13.4. The maximum absolute atomic E-state index is 5.65. The molecule has 18 heavy (non-hydrogen) atoms. The molecule has 0 saturated heterocycles. The van der Waals surface area contributed by atoms with E-state index in [0.29, 0.717) is 12.6 Å². The molecule has 1 aromatic carbocycles. The first-order valence-corrected chi connectivity index (χ1v) is 6.20. The SMILES string of the molecule is C=C(C)[C@H](CCOCc1ccc(OC)cc1)NC. The number of likely N-dealkylation sites (N-methyl/N-ethyl adjacent to an activating group) is 1. The molecule has 0 aliphatic carbocycles. The molecule has 0 unspecified atom stereocenters. The van der Waals surface area contributed by atoms with Crippen molar-refractivity contribution in [2.45, 2.75) is 26.0 Å². The fraction of sp³-hybridized carbons (Fsp3) is 0.467. The average Bonchev–Trinajstić information content (AvgIpc) is 2.39. The van der Waals surface area contributed by atoms with Gasteiger partial charge in [-0.05, 0) is 38.1 Å². The highest BCUT2D eigenvalue weighted by Crippen LogP contribution is 2.12. The van der Waals surface area contributed by atoms with E-state index in [9.17, 15) is 0 Å². The molecule has 0 saturated carbocycles. The summed E-state index contributed by atoms with van der Waals surface area (Å²) in [6.07, 6.45) is 0.946. The van der Waals surface area contributed by atoms with E-state index >= 15 is 0 Å². The molecule has 1 N–H and O–H groups in total. The Hall–Kier alpha value is -1.32. The highest BCUT2D eigenvalue weighted by atomic mass is 16.5. The molecule has 0 radical (unpaired) electrons. The van der Waals surface area contributed by atoms with Crippen molar-refractivity contribution in [1.82, 2.24) is 5.32 Å². The van der Waals surface area contributed by atoms with Crippen LogP contribution in [0.4, 0.5) is 0 Å². The number of nitrogens with one attached hydrogen (secondary N) is 1. The topological polar surface area (TPSA) is 30.5 Å². The monoisotopic (exact) mass is 249 g/mol. The second-order valence-electron chi connectivity index (χ2n) is 4.38. The molecule has 0 heterocycles. The van der Waals surface area contributed by atoms with Gasteiger partial charge in [0, 0.05) is 12.6 Å². The van der Waals surface area contributed by atoms with Crippen molar-refractivity contribution in [3.05, 3.63) is 42.0 Å². The minimum absolute atomic E-state index is 0.334. The van der Waals surface area contributed by atoms with Gasteiger partial charge >= 0.3 is 0 Å². The molecule has 3 nitrogen and oxygen atoms in total. The highest BCUT2D eigenvalue weighted by molar-refractivity contribution is 5.26. The second kappa shape index (κ2) is 7.90. The summed E-state index contributed by atoms with van der Waals surface area (Å²) in [5.41, 5.74) is 2.30. The van der Waals surface area contributed by atoms with Gasteiger partial charge in [-0.25, -0.2) is 0 Å². The minimum atomic E-state index is 0.334. The van der Waals surface area contributed by atoms with Crippen molar-refractivity contribution in [2.75, 3.05) is 20.8 Å². The van der Waals surface area contributed by atoms with Gasteiger partial charge in [-0.3, -0.25) is 0 Å². The van der Waals surface area contributed by atoms with Gasteiger partial charge in [-0.15, -0.1) is 0 Å². The Bertz CT molecular complexity index is 359. The Labute approximate surface area is 110 Å². The number of rotatable bonds is 8. The van der Waals surface area contributed by atoms with Crippen molar-refractivity contribution in [3.8, 4) is 5.75 Å². The van der Waals surface area contributed by atoms with Crippen molar-refractivity contribution in [3.63, 3.8) is 0 Å². The Morgan fingerprint density at radius 2 is 2.00 bits per heavy atom. The van der Waals surface area contributed by atoms with Gasteiger partial charge < -0.3 is 14.8 Å². The van der Waals surface area contributed by atoms with Crippen LogP contribution in [0, 0.1) is 0 Å². The standard InChI is InChI=1S/C15H23NO2/c1-12(2)15(16-3)9-10-18-11-13-5-7-14(17-4)8-6-13/h5-8,15-16H,1,9-11H2,2-4H3/t15-/m0/s1. The lowest BCUT2D eigenvalue weighted by atomic mass is 10.1. The van der Waals surface area contributed by atoms with Crippen LogP contribution in [0.25, 0.3) is 0 Å². The van der Waals surface area contributed by atoms with Crippen LogP contribution < -0.4 is 10.1 Å². The molecule has 1 aromatic rings. The first-order valence-electron chi connectivity index (χ1n) is 6.20. The molecule has 0 aromatic heterocycles. The van der Waals surface area contributed by atoms with Crippen LogP contribution in [0.3, 0.4) is 0 Å². The summed E-state index contributed by atoms with van der Waals surface area (Å²) in [6.45, 7) is 7.34. The Balaban J connectivity index is 2.26. The summed E-state index contributed by atoms with van der Waals surface area (Å²) in [7, 11) is 3.61. The number of ether oxygens (including phenoxy) is 2. The summed E-state index contributed by atoms with van der Waals surface area (Å²) in [5, 5.41) is 3.22. The summed E-state index contributed by atoms with van der Waals surface area (Å²) in [6, 6.07) is 8.27. The predicted molar refractivity (Wildman–Crippen MR) is 74.9 cm³/mol. The highest BCUT2D eigenvalue weighted by Gasteiger charge is 2.05. The lowest BCUT2D eigenvalue weighted by Crippen LogP contribution is -2.27. The molecular formula is C15H23NO2. The fourth-order valence-corrected chi connectivity index (χ4v) is 1.75. The molecular weight excluding hydrogens is 226 g/mol. The summed E-state index contributed by atoms with van der Waals surface area (Å²) in [5.74, 6) is 0.872. The number of hydrogen-bond donors (Lipinski definition) is 1. The van der Waals surface area contributed by atoms with Crippen molar-refractivity contribution in [1.29, 1.82) is 0 Å². The molecule has 0 aliphatic heterocycles. The van der Waals surface area contributed by atoms with Crippen LogP contribution in [0.1, 0.15) is 18.9 Å². The van der Waals surface area contributed by atoms with E-state index < -0.39 is 0 Å². The predicted octanol–water partition coefficient (Wildman–Crippen LogP) is 2.77. The Kier molecular flexibility index (Phi) is 6.47. The van der Waals surface area contributed by atoms with Crippen molar-refractivity contribution >= 4 is 0 Å². The second-order valence-corrected chi connectivity index (χ2v) is 4.38. The number of hydrogen-bond acceptors (Lipinski definition) is 3. The number of benzene rings is 1. The zero-order valence-electron chi connectivity index (χ0n) is 11.5. The van der Waals surface area contributed by atoms with Gasteiger partial charge in [0.1, 0.15) is 5.75 Å². The van der Waals surface area contributed by atoms with Crippen LogP contribution in [-0.4, -0.2) is 26.8 Å². The molecule has 0 spiro atoms. The third kappa shape index (κ3) is 4.90. The van der Waals surface area contributed by atoms with E-state index in [1.165, 1.54) is 0 Å². The van der Waals surface area contributed by atoms with E-state index in [-0.39, 0.29) is 0 Å².